The summed E-state index contributed by atoms with van der Waals surface area (Å²) >= 11 is 5.81. The molecule has 0 unspecified atom stereocenters. The van der Waals surface area contributed by atoms with E-state index in [9.17, 15) is 9.59 Å². The lowest BCUT2D eigenvalue weighted by Gasteiger charge is -2.28. The highest BCUT2D eigenvalue weighted by atomic mass is 35.5. The Morgan fingerprint density at radius 3 is 2.00 bits per heavy atom. The summed E-state index contributed by atoms with van der Waals surface area (Å²) in [4.78, 5) is 24.4. The van der Waals surface area contributed by atoms with Crippen LogP contribution in [0, 0.1) is 5.41 Å². The molecule has 0 fully saturated rings. The highest BCUT2D eigenvalue weighted by Crippen LogP contribution is 2.18. The molecule has 0 saturated carbocycles. The third kappa shape index (κ3) is 5.38. The zero-order chi connectivity index (χ0) is 16.3. The van der Waals surface area contributed by atoms with E-state index in [4.69, 9.17) is 11.6 Å². The van der Waals surface area contributed by atoms with Crippen LogP contribution < -0.4 is 10.6 Å². The Balaban J connectivity index is 2.64. The van der Waals surface area contributed by atoms with Gasteiger partial charge in [-0.15, -0.1) is 0 Å². The largest absolute Gasteiger partial charge is 0.351 e. The summed E-state index contributed by atoms with van der Waals surface area (Å²) in [5.41, 5.74) is -0.565. The standard InChI is InChI=1S/C16H23ClN2O2/c1-15(2,3)19-14(21)16(4,5)13(20)18-10-11-6-8-12(17)9-7-11/h6-9H,10H2,1-5H3,(H,18,20)(H,19,21). The van der Waals surface area contributed by atoms with E-state index in [0.29, 0.717) is 11.6 Å². The molecule has 21 heavy (non-hydrogen) atoms. The molecule has 5 heteroatoms. The predicted molar refractivity (Wildman–Crippen MR) is 85.0 cm³/mol. The van der Waals surface area contributed by atoms with Gasteiger partial charge < -0.3 is 10.6 Å². The van der Waals surface area contributed by atoms with Crippen molar-refractivity contribution in [2.24, 2.45) is 5.41 Å². The first-order valence-electron chi connectivity index (χ1n) is 6.88. The summed E-state index contributed by atoms with van der Waals surface area (Å²) in [7, 11) is 0. The van der Waals surface area contributed by atoms with E-state index < -0.39 is 5.41 Å². The zero-order valence-electron chi connectivity index (χ0n) is 13.2. The lowest BCUT2D eigenvalue weighted by atomic mass is 9.89. The molecule has 0 spiro atoms. The van der Waals surface area contributed by atoms with Crippen molar-refractivity contribution >= 4 is 23.4 Å². The van der Waals surface area contributed by atoms with E-state index in [1.807, 2.05) is 32.9 Å². The van der Waals surface area contributed by atoms with Crippen LogP contribution in [0.25, 0.3) is 0 Å². The summed E-state index contributed by atoms with van der Waals surface area (Å²) in [5.74, 6) is -0.595. The molecule has 1 rings (SSSR count). The molecule has 0 atom stereocenters. The highest BCUT2D eigenvalue weighted by molar-refractivity contribution is 6.30. The number of carbonyl (C=O) groups excluding carboxylic acids is 2. The molecule has 0 heterocycles. The fourth-order valence-electron chi connectivity index (χ4n) is 1.61. The number of nitrogens with one attached hydrogen (secondary N) is 2. The van der Waals surface area contributed by atoms with E-state index in [1.165, 1.54) is 0 Å². The average Bonchev–Trinajstić information content (AvgIpc) is 2.35. The van der Waals surface area contributed by atoms with E-state index in [2.05, 4.69) is 10.6 Å². The Hall–Kier alpha value is -1.55. The number of benzene rings is 1. The summed E-state index contributed by atoms with van der Waals surface area (Å²) < 4.78 is 0. The SMILES string of the molecule is CC(C)(C)NC(=O)C(C)(C)C(=O)NCc1ccc(Cl)cc1. The molecule has 1 aromatic rings. The molecule has 2 amide bonds. The van der Waals surface area contributed by atoms with Crippen LogP contribution in [0.2, 0.25) is 5.02 Å². The fraction of sp³-hybridized carbons (Fsp3) is 0.500. The monoisotopic (exact) mass is 310 g/mol. The molecule has 0 aliphatic rings. The smallest absolute Gasteiger partial charge is 0.235 e. The van der Waals surface area contributed by atoms with Crippen LogP contribution >= 0.6 is 11.6 Å². The molecule has 116 valence electrons. The van der Waals surface area contributed by atoms with Crippen molar-refractivity contribution in [2.45, 2.75) is 46.7 Å². The van der Waals surface area contributed by atoms with Gasteiger partial charge in [0.25, 0.3) is 0 Å². The van der Waals surface area contributed by atoms with E-state index in [1.54, 1.807) is 26.0 Å². The van der Waals surface area contributed by atoms with Gasteiger partial charge in [0.1, 0.15) is 5.41 Å². The molecule has 0 saturated heterocycles. The molecule has 0 radical (unpaired) electrons. The molecule has 2 N–H and O–H groups in total. The minimum Gasteiger partial charge on any atom is -0.351 e. The van der Waals surface area contributed by atoms with Crippen molar-refractivity contribution in [1.82, 2.24) is 10.6 Å². The second-order valence-corrected chi connectivity index (χ2v) is 7.07. The van der Waals surface area contributed by atoms with Crippen molar-refractivity contribution in [1.29, 1.82) is 0 Å². The van der Waals surface area contributed by atoms with Crippen LogP contribution in [-0.4, -0.2) is 17.4 Å². The van der Waals surface area contributed by atoms with E-state index >= 15 is 0 Å². The second kappa shape index (κ2) is 6.48. The minimum atomic E-state index is -1.13. The van der Waals surface area contributed by atoms with E-state index in [-0.39, 0.29) is 17.4 Å². The van der Waals surface area contributed by atoms with Crippen LogP contribution in [0.4, 0.5) is 0 Å². The molecular formula is C16H23ClN2O2. The fourth-order valence-corrected chi connectivity index (χ4v) is 1.73. The van der Waals surface area contributed by atoms with Crippen LogP contribution in [-0.2, 0) is 16.1 Å². The maximum atomic E-state index is 12.2. The number of halogens is 1. The topological polar surface area (TPSA) is 58.2 Å². The van der Waals surface area contributed by atoms with Gasteiger partial charge in [-0.2, -0.15) is 0 Å². The van der Waals surface area contributed by atoms with Gasteiger partial charge in [-0.05, 0) is 52.3 Å². The molecule has 0 bridgehead atoms. The van der Waals surface area contributed by atoms with Gasteiger partial charge in [0.15, 0.2) is 0 Å². The van der Waals surface area contributed by atoms with Crippen molar-refractivity contribution < 1.29 is 9.59 Å². The average molecular weight is 311 g/mol. The van der Waals surface area contributed by atoms with Gasteiger partial charge in [0.05, 0.1) is 0 Å². The number of amides is 2. The summed E-state index contributed by atoms with van der Waals surface area (Å²) in [6, 6.07) is 7.21. The molecule has 0 aliphatic heterocycles. The third-order valence-electron chi connectivity index (χ3n) is 2.99. The Morgan fingerprint density at radius 1 is 1.00 bits per heavy atom. The normalized spacial score (nSPS) is 11.9. The Labute approximate surface area is 131 Å². The van der Waals surface area contributed by atoms with Gasteiger partial charge in [-0.25, -0.2) is 0 Å². The van der Waals surface area contributed by atoms with Gasteiger partial charge in [0, 0.05) is 17.1 Å². The van der Waals surface area contributed by atoms with Crippen LogP contribution in [0.3, 0.4) is 0 Å². The first kappa shape index (κ1) is 17.5. The summed E-state index contributed by atoms with van der Waals surface area (Å²) in [5, 5.41) is 6.26. The molecule has 0 aromatic heterocycles. The number of carbonyl (C=O) groups is 2. The van der Waals surface area contributed by atoms with Crippen molar-refractivity contribution in [2.75, 3.05) is 0 Å². The maximum Gasteiger partial charge on any atom is 0.235 e. The van der Waals surface area contributed by atoms with Gasteiger partial charge in [0.2, 0.25) is 11.8 Å². The molecule has 0 aliphatic carbocycles. The quantitative estimate of drug-likeness (QED) is 0.840. The molecule has 4 nitrogen and oxygen atoms in total. The van der Waals surface area contributed by atoms with Crippen LogP contribution in [0.5, 0.6) is 0 Å². The second-order valence-electron chi connectivity index (χ2n) is 6.64. The van der Waals surface area contributed by atoms with Crippen LogP contribution in [0.15, 0.2) is 24.3 Å². The molecule has 1 aromatic carbocycles. The van der Waals surface area contributed by atoms with Crippen molar-refractivity contribution in [3.8, 4) is 0 Å². The lowest BCUT2D eigenvalue weighted by Crippen LogP contribution is -2.52. The van der Waals surface area contributed by atoms with Gasteiger partial charge >= 0.3 is 0 Å². The first-order chi connectivity index (χ1) is 9.52. The third-order valence-corrected chi connectivity index (χ3v) is 3.24. The summed E-state index contributed by atoms with van der Waals surface area (Å²) in [6.07, 6.45) is 0. The Kier molecular flexibility index (Phi) is 5.40. The minimum absolute atomic E-state index is 0.288. The van der Waals surface area contributed by atoms with Crippen molar-refractivity contribution in [3.05, 3.63) is 34.9 Å². The van der Waals surface area contributed by atoms with E-state index in [0.717, 1.165) is 5.56 Å². The van der Waals surface area contributed by atoms with Gasteiger partial charge in [-0.3, -0.25) is 9.59 Å². The van der Waals surface area contributed by atoms with Crippen LogP contribution in [0.1, 0.15) is 40.2 Å². The number of hydrogen-bond donors (Lipinski definition) is 2. The zero-order valence-corrected chi connectivity index (χ0v) is 14.0. The highest BCUT2D eigenvalue weighted by Gasteiger charge is 2.37. The maximum absolute atomic E-state index is 12.2. The number of hydrogen-bond acceptors (Lipinski definition) is 2. The van der Waals surface area contributed by atoms with Gasteiger partial charge in [-0.1, -0.05) is 23.7 Å². The number of rotatable bonds is 4. The first-order valence-corrected chi connectivity index (χ1v) is 7.25. The predicted octanol–water partition coefficient (Wildman–Crippen LogP) is 2.90. The lowest BCUT2D eigenvalue weighted by molar-refractivity contribution is -0.142. The van der Waals surface area contributed by atoms with Crippen molar-refractivity contribution in [3.63, 3.8) is 0 Å². The summed E-state index contributed by atoms with van der Waals surface area (Å²) in [6.45, 7) is 9.24. The Morgan fingerprint density at radius 2 is 1.52 bits per heavy atom. The molecular weight excluding hydrogens is 288 g/mol. The Bertz CT molecular complexity index is 516.